The van der Waals surface area contributed by atoms with Gasteiger partial charge in [-0.05, 0) is 61.1 Å². The van der Waals surface area contributed by atoms with E-state index in [2.05, 4.69) is 52.8 Å². The predicted molar refractivity (Wildman–Crippen MR) is 81.9 cm³/mol. The molecule has 0 bridgehead atoms. The fraction of sp³-hybridized carbons (Fsp3) is 0.667. The number of rotatable bonds is 3. The van der Waals surface area contributed by atoms with Crippen molar-refractivity contribution in [2.75, 3.05) is 0 Å². The van der Waals surface area contributed by atoms with Crippen molar-refractivity contribution in [3.8, 4) is 5.75 Å². The van der Waals surface area contributed by atoms with E-state index in [1.807, 2.05) is 0 Å². The average Bonchev–Trinajstić information content (AvgIpc) is 2.36. The maximum Gasteiger partial charge on any atom is 0.122 e. The molecule has 1 aliphatic carbocycles. The second kappa shape index (κ2) is 5.98. The largest absolute Gasteiger partial charge is 0.490 e. The van der Waals surface area contributed by atoms with Crippen molar-refractivity contribution < 1.29 is 4.74 Å². The molecule has 0 saturated heterocycles. The van der Waals surface area contributed by atoms with E-state index >= 15 is 0 Å². The summed E-state index contributed by atoms with van der Waals surface area (Å²) in [5.41, 5.74) is 2.63. The van der Waals surface area contributed by atoms with Gasteiger partial charge >= 0.3 is 0 Å². The molecular weight excluding hydrogens is 232 g/mol. The summed E-state index contributed by atoms with van der Waals surface area (Å²) in [5.74, 6) is 3.29. The van der Waals surface area contributed by atoms with Gasteiger partial charge in [0.15, 0.2) is 0 Å². The van der Waals surface area contributed by atoms with E-state index in [0.717, 1.165) is 17.6 Å². The summed E-state index contributed by atoms with van der Waals surface area (Å²) in [6.07, 6.45) is 4.12. The molecule has 1 aliphatic rings. The average molecular weight is 260 g/mol. The lowest BCUT2D eigenvalue weighted by Gasteiger charge is -2.32. The Morgan fingerprint density at radius 3 is 2.47 bits per heavy atom. The van der Waals surface area contributed by atoms with Crippen LogP contribution in [0.1, 0.15) is 64.0 Å². The first-order valence-electron chi connectivity index (χ1n) is 7.74. The Balaban J connectivity index is 2.08. The summed E-state index contributed by atoms with van der Waals surface area (Å²) in [4.78, 5) is 0. The molecule has 2 rings (SSSR count). The minimum atomic E-state index is 0.410. The zero-order chi connectivity index (χ0) is 14.0. The van der Waals surface area contributed by atoms with Crippen LogP contribution in [0.2, 0.25) is 0 Å². The van der Waals surface area contributed by atoms with Gasteiger partial charge in [-0.15, -0.1) is 0 Å². The van der Waals surface area contributed by atoms with Crippen LogP contribution < -0.4 is 4.74 Å². The van der Waals surface area contributed by atoms with E-state index in [1.54, 1.807) is 0 Å². The van der Waals surface area contributed by atoms with Gasteiger partial charge in [0.1, 0.15) is 5.75 Å². The molecule has 0 radical (unpaired) electrons. The minimum absolute atomic E-state index is 0.410. The predicted octanol–water partition coefficient (Wildman–Crippen LogP) is 5.32. The molecule has 1 fully saturated rings. The van der Waals surface area contributed by atoms with Gasteiger partial charge in [0.05, 0.1) is 6.10 Å². The van der Waals surface area contributed by atoms with Crippen molar-refractivity contribution in [1.29, 1.82) is 0 Å². The van der Waals surface area contributed by atoms with E-state index in [9.17, 15) is 0 Å². The van der Waals surface area contributed by atoms with Crippen LogP contribution in [0.5, 0.6) is 5.75 Å². The van der Waals surface area contributed by atoms with E-state index in [4.69, 9.17) is 4.74 Å². The summed E-state index contributed by atoms with van der Waals surface area (Å²) in [5, 5.41) is 0. The van der Waals surface area contributed by atoms with Crippen molar-refractivity contribution in [1.82, 2.24) is 0 Å². The van der Waals surface area contributed by atoms with Gasteiger partial charge in [-0.2, -0.15) is 0 Å². The number of aryl methyl sites for hydroxylation is 1. The van der Waals surface area contributed by atoms with Crippen LogP contribution in [-0.4, -0.2) is 6.10 Å². The fourth-order valence-electron chi connectivity index (χ4n) is 2.89. The van der Waals surface area contributed by atoms with Crippen LogP contribution in [0.15, 0.2) is 18.2 Å². The van der Waals surface area contributed by atoms with Crippen molar-refractivity contribution in [2.24, 2.45) is 11.8 Å². The lowest BCUT2D eigenvalue weighted by molar-refractivity contribution is 0.0999. The summed E-state index contributed by atoms with van der Waals surface area (Å²) in [6.45, 7) is 11.3. The molecule has 0 aliphatic heterocycles. The van der Waals surface area contributed by atoms with Gasteiger partial charge in [0.2, 0.25) is 0 Å². The molecular formula is C18H28O. The molecule has 106 valence electrons. The van der Waals surface area contributed by atoms with Gasteiger partial charge < -0.3 is 4.74 Å². The first-order valence-corrected chi connectivity index (χ1v) is 7.74. The summed E-state index contributed by atoms with van der Waals surface area (Å²) in [6, 6.07) is 6.65. The second-order valence-corrected chi connectivity index (χ2v) is 6.69. The summed E-state index contributed by atoms with van der Waals surface area (Å²) >= 11 is 0. The Kier molecular flexibility index (Phi) is 4.54. The molecule has 1 heteroatoms. The maximum atomic E-state index is 6.30. The molecule has 19 heavy (non-hydrogen) atoms. The Labute approximate surface area is 118 Å². The first-order chi connectivity index (χ1) is 8.97. The van der Waals surface area contributed by atoms with E-state index in [1.165, 1.54) is 30.4 Å². The van der Waals surface area contributed by atoms with Crippen molar-refractivity contribution >= 4 is 0 Å². The molecule has 0 spiro atoms. The normalized spacial score (nSPS) is 27.6. The van der Waals surface area contributed by atoms with Crippen LogP contribution in [0.25, 0.3) is 0 Å². The molecule has 0 amide bonds. The topological polar surface area (TPSA) is 9.23 Å². The Morgan fingerprint density at radius 1 is 1.11 bits per heavy atom. The molecule has 0 N–H and O–H groups in total. The van der Waals surface area contributed by atoms with Crippen LogP contribution >= 0.6 is 0 Å². The quantitative estimate of drug-likeness (QED) is 0.714. The van der Waals surface area contributed by atoms with Gasteiger partial charge in [-0.25, -0.2) is 0 Å². The Bertz CT molecular complexity index is 422. The van der Waals surface area contributed by atoms with Gasteiger partial charge in [0.25, 0.3) is 0 Å². The third kappa shape index (κ3) is 3.52. The fourth-order valence-corrected chi connectivity index (χ4v) is 2.89. The van der Waals surface area contributed by atoms with Crippen LogP contribution in [-0.2, 0) is 0 Å². The van der Waals surface area contributed by atoms with Crippen molar-refractivity contribution in [3.63, 3.8) is 0 Å². The maximum absolute atomic E-state index is 6.30. The molecule has 1 nitrogen and oxygen atoms in total. The smallest absolute Gasteiger partial charge is 0.122 e. The van der Waals surface area contributed by atoms with E-state index in [0.29, 0.717) is 12.0 Å². The number of ether oxygens (including phenoxy) is 1. The van der Waals surface area contributed by atoms with Crippen molar-refractivity contribution in [3.05, 3.63) is 29.3 Å². The van der Waals surface area contributed by atoms with Gasteiger partial charge in [-0.3, -0.25) is 0 Å². The lowest BCUT2D eigenvalue weighted by atomic mass is 9.80. The molecule has 1 aromatic carbocycles. The van der Waals surface area contributed by atoms with Gasteiger partial charge in [-0.1, -0.05) is 39.8 Å². The molecule has 1 aromatic rings. The van der Waals surface area contributed by atoms with Crippen LogP contribution in [0.4, 0.5) is 0 Å². The molecule has 0 heterocycles. The molecule has 3 unspecified atom stereocenters. The van der Waals surface area contributed by atoms with E-state index in [-0.39, 0.29) is 0 Å². The van der Waals surface area contributed by atoms with Crippen LogP contribution in [0.3, 0.4) is 0 Å². The summed E-state index contributed by atoms with van der Waals surface area (Å²) < 4.78 is 6.30. The second-order valence-electron chi connectivity index (χ2n) is 6.69. The SMILES string of the molecule is Cc1ccc(C(C)C)cc1OC1CCC(C)C(C)C1. The highest BCUT2D eigenvalue weighted by Gasteiger charge is 2.26. The highest BCUT2D eigenvalue weighted by molar-refractivity contribution is 5.38. The zero-order valence-electron chi connectivity index (χ0n) is 13.1. The summed E-state index contributed by atoms with van der Waals surface area (Å²) in [7, 11) is 0. The molecule has 1 saturated carbocycles. The molecule has 0 aromatic heterocycles. The highest BCUT2D eigenvalue weighted by atomic mass is 16.5. The number of benzene rings is 1. The highest BCUT2D eigenvalue weighted by Crippen LogP contribution is 2.33. The number of hydrogen-bond donors (Lipinski definition) is 0. The van der Waals surface area contributed by atoms with E-state index < -0.39 is 0 Å². The minimum Gasteiger partial charge on any atom is -0.490 e. The Hall–Kier alpha value is -0.980. The first kappa shape index (κ1) is 14.4. The molecule has 3 atom stereocenters. The standard InChI is InChI=1S/C18H28O/c1-12(2)16-8-6-14(4)18(11-16)19-17-9-7-13(3)15(5)10-17/h6,8,11-13,15,17H,7,9-10H2,1-5H3. The third-order valence-electron chi connectivity index (χ3n) is 4.72. The Morgan fingerprint density at radius 2 is 1.84 bits per heavy atom. The lowest BCUT2D eigenvalue weighted by Crippen LogP contribution is -2.29. The zero-order valence-corrected chi connectivity index (χ0v) is 13.1. The van der Waals surface area contributed by atoms with Crippen molar-refractivity contribution in [2.45, 2.75) is 65.9 Å². The van der Waals surface area contributed by atoms with Gasteiger partial charge in [0, 0.05) is 0 Å². The monoisotopic (exact) mass is 260 g/mol. The van der Waals surface area contributed by atoms with Crippen LogP contribution in [0, 0.1) is 18.8 Å². The number of hydrogen-bond acceptors (Lipinski definition) is 1. The third-order valence-corrected chi connectivity index (χ3v) is 4.72.